The molecule has 2 aromatic carbocycles. The van der Waals surface area contributed by atoms with Gasteiger partial charge in [0.1, 0.15) is 0 Å². The average Bonchev–Trinajstić information content (AvgIpc) is 2.59. The number of halogens is 2. The first kappa shape index (κ1) is 17.1. The fourth-order valence-electron chi connectivity index (χ4n) is 2.42. The van der Waals surface area contributed by atoms with E-state index in [4.69, 9.17) is 23.2 Å². The highest BCUT2D eigenvalue weighted by Gasteiger charge is 2.15. The molecule has 1 heterocycles. The first-order valence-electron chi connectivity index (χ1n) is 7.22. The zero-order chi connectivity index (χ0) is 18.0. The molecule has 0 bridgehead atoms. The summed E-state index contributed by atoms with van der Waals surface area (Å²) in [5.74, 6) is 0. The number of H-pyrrole nitrogens is 1. The Kier molecular flexibility index (Phi) is 4.83. The maximum Gasteiger partial charge on any atom is 0.272 e. The molecule has 0 saturated carbocycles. The minimum Gasteiger partial charge on any atom is -0.268 e. The minimum atomic E-state index is -0.468. The summed E-state index contributed by atoms with van der Waals surface area (Å²) in [6, 6.07) is 12.9. The van der Waals surface area contributed by atoms with Crippen molar-refractivity contribution in [3.8, 4) is 11.3 Å². The molecule has 0 fully saturated rings. The number of nitrogens with zero attached hydrogens (tertiary/aromatic N) is 2. The highest BCUT2D eigenvalue weighted by atomic mass is 35.5. The molecule has 0 atom stereocenters. The van der Waals surface area contributed by atoms with Crippen molar-refractivity contribution in [2.45, 2.75) is 6.42 Å². The number of aromatic amines is 1. The third-order valence-electron chi connectivity index (χ3n) is 3.67. The van der Waals surface area contributed by atoms with Crippen molar-refractivity contribution in [2.24, 2.45) is 0 Å². The van der Waals surface area contributed by atoms with Gasteiger partial charge >= 0.3 is 0 Å². The highest BCUT2D eigenvalue weighted by molar-refractivity contribution is 6.42. The van der Waals surface area contributed by atoms with Crippen LogP contribution < -0.4 is 5.56 Å². The Morgan fingerprint density at radius 2 is 1.80 bits per heavy atom. The SMILES string of the molecule is O=c1[nH]nc(-c2ccc(Cl)c(Cl)c2)cc1Cc1ccccc1[N+](=O)[O-]. The maximum atomic E-state index is 12.1. The molecule has 0 unspecified atom stereocenters. The van der Waals surface area contributed by atoms with Gasteiger partial charge in [-0.3, -0.25) is 14.9 Å². The van der Waals surface area contributed by atoms with Crippen LogP contribution in [0.3, 0.4) is 0 Å². The quantitative estimate of drug-likeness (QED) is 0.545. The van der Waals surface area contributed by atoms with Crippen LogP contribution in [0.5, 0.6) is 0 Å². The van der Waals surface area contributed by atoms with Gasteiger partial charge in [-0.15, -0.1) is 0 Å². The Labute approximate surface area is 152 Å². The molecule has 8 heteroatoms. The summed E-state index contributed by atoms with van der Waals surface area (Å²) in [6.45, 7) is 0. The molecular weight excluding hydrogens is 365 g/mol. The first-order valence-corrected chi connectivity index (χ1v) is 7.97. The lowest BCUT2D eigenvalue weighted by Gasteiger charge is -2.06. The number of nitro groups is 1. The van der Waals surface area contributed by atoms with E-state index in [2.05, 4.69) is 10.2 Å². The molecule has 1 N–H and O–H groups in total. The number of para-hydroxylation sites is 1. The van der Waals surface area contributed by atoms with E-state index >= 15 is 0 Å². The molecule has 0 spiro atoms. The number of nitrogens with one attached hydrogen (secondary N) is 1. The lowest BCUT2D eigenvalue weighted by Crippen LogP contribution is -2.15. The third-order valence-corrected chi connectivity index (χ3v) is 4.40. The van der Waals surface area contributed by atoms with Crippen LogP contribution >= 0.6 is 23.2 Å². The number of benzene rings is 2. The van der Waals surface area contributed by atoms with E-state index in [1.165, 1.54) is 6.07 Å². The lowest BCUT2D eigenvalue weighted by atomic mass is 10.0. The Hall–Kier alpha value is -2.70. The summed E-state index contributed by atoms with van der Waals surface area (Å²) in [6.07, 6.45) is 0.114. The molecule has 1 aromatic heterocycles. The number of nitro benzene ring substituents is 1. The van der Waals surface area contributed by atoms with E-state index in [-0.39, 0.29) is 12.1 Å². The van der Waals surface area contributed by atoms with Crippen LogP contribution in [0.2, 0.25) is 10.0 Å². The van der Waals surface area contributed by atoms with E-state index in [9.17, 15) is 14.9 Å². The van der Waals surface area contributed by atoms with Crippen molar-refractivity contribution >= 4 is 28.9 Å². The Balaban J connectivity index is 2.02. The second-order valence-corrected chi connectivity index (χ2v) is 6.11. The number of aromatic nitrogens is 2. The van der Waals surface area contributed by atoms with E-state index in [1.54, 1.807) is 42.5 Å². The monoisotopic (exact) mass is 375 g/mol. The van der Waals surface area contributed by atoms with Gasteiger partial charge in [0.2, 0.25) is 0 Å². The Bertz CT molecular complexity index is 1020. The van der Waals surface area contributed by atoms with Gasteiger partial charge in [-0.1, -0.05) is 47.5 Å². The van der Waals surface area contributed by atoms with Gasteiger partial charge in [0, 0.05) is 29.2 Å². The van der Waals surface area contributed by atoms with Crippen molar-refractivity contribution in [1.82, 2.24) is 10.2 Å². The predicted molar refractivity (Wildman–Crippen MR) is 96.2 cm³/mol. The summed E-state index contributed by atoms with van der Waals surface area (Å²) in [4.78, 5) is 22.7. The van der Waals surface area contributed by atoms with Crippen LogP contribution in [-0.2, 0) is 6.42 Å². The van der Waals surface area contributed by atoms with Crippen LogP contribution in [0.4, 0.5) is 5.69 Å². The molecule has 25 heavy (non-hydrogen) atoms. The highest BCUT2D eigenvalue weighted by Crippen LogP contribution is 2.28. The summed E-state index contributed by atoms with van der Waals surface area (Å²) in [7, 11) is 0. The summed E-state index contributed by atoms with van der Waals surface area (Å²) >= 11 is 11.9. The van der Waals surface area contributed by atoms with Gasteiger partial charge in [0.05, 0.1) is 20.7 Å². The van der Waals surface area contributed by atoms with Crippen molar-refractivity contribution < 1.29 is 4.92 Å². The molecule has 3 aromatic rings. The molecule has 0 aliphatic carbocycles. The molecule has 0 aliphatic rings. The normalized spacial score (nSPS) is 10.6. The van der Waals surface area contributed by atoms with Gasteiger partial charge in [-0.05, 0) is 18.2 Å². The third kappa shape index (κ3) is 3.70. The number of hydrogen-bond acceptors (Lipinski definition) is 4. The molecule has 6 nitrogen and oxygen atoms in total. The van der Waals surface area contributed by atoms with Crippen molar-refractivity contribution in [1.29, 1.82) is 0 Å². The van der Waals surface area contributed by atoms with E-state index in [1.807, 2.05) is 0 Å². The van der Waals surface area contributed by atoms with Crippen LogP contribution in [0.1, 0.15) is 11.1 Å². The van der Waals surface area contributed by atoms with Crippen molar-refractivity contribution in [3.63, 3.8) is 0 Å². The maximum absolute atomic E-state index is 12.1. The molecular formula is C17H11Cl2N3O3. The van der Waals surface area contributed by atoms with Crippen LogP contribution in [0.15, 0.2) is 53.3 Å². The largest absolute Gasteiger partial charge is 0.272 e. The summed E-state index contributed by atoms with van der Waals surface area (Å²) in [5, 5.41) is 18.3. The van der Waals surface area contributed by atoms with Crippen LogP contribution in [0.25, 0.3) is 11.3 Å². The fraction of sp³-hybridized carbons (Fsp3) is 0.0588. The van der Waals surface area contributed by atoms with Crippen molar-refractivity contribution in [2.75, 3.05) is 0 Å². The molecule has 126 valence electrons. The topological polar surface area (TPSA) is 88.9 Å². The number of rotatable bonds is 4. The summed E-state index contributed by atoms with van der Waals surface area (Å²) in [5.41, 5.74) is 1.55. The smallest absolute Gasteiger partial charge is 0.268 e. The summed E-state index contributed by atoms with van der Waals surface area (Å²) < 4.78 is 0. The van der Waals surface area contributed by atoms with Gasteiger partial charge < -0.3 is 0 Å². The number of hydrogen-bond donors (Lipinski definition) is 1. The second-order valence-electron chi connectivity index (χ2n) is 5.30. The molecule has 0 saturated heterocycles. The predicted octanol–water partition coefficient (Wildman–Crippen LogP) is 4.24. The lowest BCUT2D eigenvalue weighted by molar-refractivity contribution is -0.385. The van der Waals surface area contributed by atoms with Crippen LogP contribution in [0, 0.1) is 10.1 Å². The standard InChI is InChI=1S/C17H11Cl2N3O3/c18-13-6-5-10(8-14(13)19)15-9-12(17(23)21-20-15)7-11-3-1-2-4-16(11)22(24)25/h1-6,8-9H,7H2,(H,21,23). The van der Waals surface area contributed by atoms with Crippen molar-refractivity contribution in [3.05, 3.63) is 90.2 Å². The van der Waals surface area contributed by atoms with Gasteiger partial charge in [-0.25, -0.2) is 5.10 Å². The Morgan fingerprint density at radius 1 is 1.04 bits per heavy atom. The van der Waals surface area contributed by atoms with Crippen LogP contribution in [-0.4, -0.2) is 15.1 Å². The van der Waals surface area contributed by atoms with Gasteiger partial charge in [0.25, 0.3) is 11.2 Å². The first-order chi connectivity index (χ1) is 12.0. The molecule has 0 radical (unpaired) electrons. The Morgan fingerprint density at radius 3 is 2.52 bits per heavy atom. The fourth-order valence-corrected chi connectivity index (χ4v) is 2.72. The van der Waals surface area contributed by atoms with E-state index in [0.29, 0.717) is 32.4 Å². The average molecular weight is 376 g/mol. The van der Waals surface area contributed by atoms with Gasteiger partial charge in [0.15, 0.2) is 0 Å². The zero-order valence-electron chi connectivity index (χ0n) is 12.7. The van der Waals surface area contributed by atoms with E-state index < -0.39 is 10.5 Å². The second kappa shape index (κ2) is 7.04. The minimum absolute atomic E-state index is 0.0326. The molecule has 3 rings (SSSR count). The van der Waals surface area contributed by atoms with E-state index in [0.717, 1.165) is 0 Å². The van der Waals surface area contributed by atoms with Gasteiger partial charge in [-0.2, -0.15) is 5.10 Å². The molecule has 0 amide bonds. The zero-order valence-corrected chi connectivity index (χ0v) is 14.2. The molecule has 0 aliphatic heterocycles.